The Morgan fingerprint density at radius 3 is 2.69 bits per heavy atom. The highest BCUT2D eigenvalue weighted by atomic mass is 35.5. The van der Waals surface area contributed by atoms with Crippen molar-refractivity contribution >= 4 is 21.6 Å². The maximum Gasteiger partial charge on any atom is 0.244 e. The molecule has 0 aliphatic heterocycles. The molecule has 90 valence electrons. The standard InChI is InChI=1S/C9H11ClFNO3S/c1-12(4-5-13)16(14,15)9-6-7(11)2-3-8(9)10/h2-3,6,13H,4-5H2,1H3. The molecule has 0 fully saturated rings. The molecule has 0 aliphatic rings. The van der Waals surface area contributed by atoms with Gasteiger partial charge in [0, 0.05) is 13.6 Å². The second-order valence-electron chi connectivity index (χ2n) is 3.12. The average Bonchev–Trinajstić information content (AvgIpc) is 2.22. The van der Waals surface area contributed by atoms with E-state index in [0.29, 0.717) is 0 Å². The maximum absolute atomic E-state index is 12.9. The quantitative estimate of drug-likeness (QED) is 0.889. The van der Waals surface area contributed by atoms with Gasteiger partial charge in [0.15, 0.2) is 0 Å². The maximum atomic E-state index is 12.9. The molecule has 1 aromatic rings. The second kappa shape index (κ2) is 5.09. The topological polar surface area (TPSA) is 57.6 Å². The van der Waals surface area contributed by atoms with Crippen LogP contribution in [0.15, 0.2) is 23.1 Å². The fourth-order valence-corrected chi connectivity index (χ4v) is 2.75. The van der Waals surface area contributed by atoms with Crippen molar-refractivity contribution in [1.82, 2.24) is 4.31 Å². The Morgan fingerprint density at radius 2 is 2.12 bits per heavy atom. The van der Waals surface area contributed by atoms with Gasteiger partial charge in [0.05, 0.1) is 11.6 Å². The van der Waals surface area contributed by atoms with Crippen LogP contribution in [0.2, 0.25) is 5.02 Å². The van der Waals surface area contributed by atoms with Gasteiger partial charge in [-0.2, -0.15) is 4.31 Å². The molecule has 16 heavy (non-hydrogen) atoms. The first kappa shape index (κ1) is 13.4. The number of hydrogen-bond acceptors (Lipinski definition) is 3. The zero-order valence-corrected chi connectivity index (χ0v) is 10.1. The highest BCUT2D eigenvalue weighted by Crippen LogP contribution is 2.24. The molecule has 0 unspecified atom stereocenters. The minimum Gasteiger partial charge on any atom is -0.395 e. The minimum absolute atomic E-state index is 0.0498. The molecular formula is C9H11ClFNO3S. The lowest BCUT2D eigenvalue weighted by Gasteiger charge is -2.16. The van der Waals surface area contributed by atoms with Gasteiger partial charge in [-0.05, 0) is 18.2 Å². The Morgan fingerprint density at radius 1 is 1.50 bits per heavy atom. The first-order chi connectivity index (χ1) is 7.39. The SMILES string of the molecule is CN(CCO)S(=O)(=O)c1cc(F)ccc1Cl. The van der Waals surface area contributed by atoms with Crippen LogP contribution in [0, 0.1) is 5.82 Å². The van der Waals surface area contributed by atoms with E-state index in [1.807, 2.05) is 0 Å². The molecule has 0 atom stereocenters. The van der Waals surface area contributed by atoms with E-state index >= 15 is 0 Å². The van der Waals surface area contributed by atoms with Crippen LogP contribution in [0.1, 0.15) is 0 Å². The molecule has 0 aliphatic carbocycles. The van der Waals surface area contributed by atoms with E-state index in [-0.39, 0.29) is 23.1 Å². The van der Waals surface area contributed by atoms with Crippen molar-refractivity contribution in [3.05, 3.63) is 29.0 Å². The van der Waals surface area contributed by atoms with Gasteiger partial charge in [-0.15, -0.1) is 0 Å². The number of nitrogens with zero attached hydrogens (tertiary/aromatic N) is 1. The van der Waals surface area contributed by atoms with Crippen molar-refractivity contribution in [3.63, 3.8) is 0 Å². The third kappa shape index (κ3) is 2.70. The number of halogens is 2. The summed E-state index contributed by atoms with van der Waals surface area (Å²) in [5.41, 5.74) is 0. The van der Waals surface area contributed by atoms with Crippen LogP contribution in [0.5, 0.6) is 0 Å². The van der Waals surface area contributed by atoms with Crippen molar-refractivity contribution in [3.8, 4) is 0 Å². The Bertz CT molecular complexity index is 478. The molecule has 1 N–H and O–H groups in total. The molecule has 0 saturated heterocycles. The van der Waals surface area contributed by atoms with Gasteiger partial charge in [0.1, 0.15) is 10.7 Å². The van der Waals surface area contributed by atoms with Crippen molar-refractivity contribution in [2.24, 2.45) is 0 Å². The Balaban J connectivity index is 3.21. The van der Waals surface area contributed by atoms with Crippen LogP contribution >= 0.6 is 11.6 Å². The molecule has 0 aromatic heterocycles. The monoisotopic (exact) mass is 267 g/mol. The largest absolute Gasteiger partial charge is 0.395 e. The van der Waals surface area contributed by atoms with Crippen LogP contribution < -0.4 is 0 Å². The third-order valence-electron chi connectivity index (χ3n) is 2.00. The molecule has 1 aromatic carbocycles. The van der Waals surface area contributed by atoms with Crippen molar-refractivity contribution in [2.45, 2.75) is 4.90 Å². The second-order valence-corrected chi connectivity index (χ2v) is 5.55. The summed E-state index contributed by atoms with van der Waals surface area (Å²) >= 11 is 5.69. The Labute approximate surface area is 98.3 Å². The van der Waals surface area contributed by atoms with E-state index in [9.17, 15) is 12.8 Å². The average molecular weight is 268 g/mol. The number of aliphatic hydroxyl groups is 1. The molecule has 7 heteroatoms. The summed E-state index contributed by atoms with van der Waals surface area (Å²) < 4.78 is 37.6. The van der Waals surface area contributed by atoms with E-state index in [1.54, 1.807) is 0 Å². The normalized spacial score (nSPS) is 12.1. The predicted molar refractivity (Wildman–Crippen MR) is 58.3 cm³/mol. The molecule has 0 spiro atoms. The lowest BCUT2D eigenvalue weighted by molar-refractivity contribution is 0.266. The molecule has 0 bridgehead atoms. The van der Waals surface area contributed by atoms with Crippen LogP contribution in [0.25, 0.3) is 0 Å². The van der Waals surface area contributed by atoms with Crippen molar-refractivity contribution < 1.29 is 17.9 Å². The minimum atomic E-state index is -3.85. The third-order valence-corrected chi connectivity index (χ3v) is 4.33. The fourth-order valence-electron chi connectivity index (χ4n) is 1.10. The van der Waals surface area contributed by atoms with E-state index in [4.69, 9.17) is 16.7 Å². The van der Waals surface area contributed by atoms with Gasteiger partial charge in [-0.3, -0.25) is 0 Å². The lowest BCUT2D eigenvalue weighted by atomic mass is 10.3. The zero-order chi connectivity index (χ0) is 12.3. The summed E-state index contributed by atoms with van der Waals surface area (Å²) in [5.74, 6) is -0.680. The lowest BCUT2D eigenvalue weighted by Crippen LogP contribution is -2.29. The number of sulfonamides is 1. The zero-order valence-electron chi connectivity index (χ0n) is 8.52. The first-order valence-electron chi connectivity index (χ1n) is 4.42. The molecule has 1 rings (SSSR count). The first-order valence-corrected chi connectivity index (χ1v) is 6.23. The smallest absolute Gasteiger partial charge is 0.244 e. The molecule has 0 saturated carbocycles. The van der Waals surface area contributed by atoms with E-state index in [2.05, 4.69) is 0 Å². The molecule has 0 heterocycles. The van der Waals surface area contributed by atoms with E-state index < -0.39 is 15.8 Å². The highest BCUT2D eigenvalue weighted by molar-refractivity contribution is 7.89. The number of benzene rings is 1. The van der Waals surface area contributed by atoms with Gasteiger partial charge in [0.2, 0.25) is 10.0 Å². The van der Waals surface area contributed by atoms with Gasteiger partial charge in [0.25, 0.3) is 0 Å². The number of aliphatic hydroxyl groups excluding tert-OH is 1. The van der Waals surface area contributed by atoms with Gasteiger partial charge in [-0.1, -0.05) is 11.6 Å². The summed E-state index contributed by atoms with van der Waals surface area (Å²) in [7, 11) is -2.57. The molecule has 4 nitrogen and oxygen atoms in total. The van der Waals surface area contributed by atoms with Gasteiger partial charge >= 0.3 is 0 Å². The summed E-state index contributed by atoms with van der Waals surface area (Å²) in [6.07, 6.45) is 0. The number of rotatable bonds is 4. The van der Waals surface area contributed by atoms with E-state index in [0.717, 1.165) is 16.4 Å². The summed E-state index contributed by atoms with van der Waals surface area (Å²) in [6.45, 7) is -0.391. The van der Waals surface area contributed by atoms with Gasteiger partial charge in [-0.25, -0.2) is 12.8 Å². The van der Waals surface area contributed by atoms with Crippen LogP contribution in [0.4, 0.5) is 4.39 Å². The van der Waals surface area contributed by atoms with Crippen molar-refractivity contribution in [1.29, 1.82) is 0 Å². The summed E-state index contributed by atoms with van der Waals surface area (Å²) in [6, 6.07) is 3.11. The summed E-state index contributed by atoms with van der Waals surface area (Å²) in [5, 5.41) is 8.61. The fraction of sp³-hybridized carbons (Fsp3) is 0.333. The molecule has 0 amide bonds. The van der Waals surface area contributed by atoms with Crippen molar-refractivity contribution in [2.75, 3.05) is 20.2 Å². The molecule has 0 radical (unpaired) electrons. The van der Waals surface area contributed by atoms with Crippen LogP contribution in [0.3, 0.4) is 0 Å². The summed E-state index contributed by atoms with van der Waals surface area (Å²) in [4.78, 5) is -0.301. The highest BCUT2D eigenvalue weighted by Gasteiger charge is 2.23. The number of likely N-dealkylation sites (N-methyl/N-ethyl adjacent to an activating group) is 1. The number of hydrogen-bond donors (Lipinski definition) is 1. The predicted octanol–water partition coefficient (Wildman–Crippen LogP) is 1.09. The van der Waals surface area contributed by atoms with Gasteiger partial charge < -0.3 is 5.11 Å². The van der Waals surface area contributed by atoms with Crippen LogP contribution in [-0.2, 0) is 10.0 Å². The molecular weight excluding hydrogens is 257 g/mol. The van der Waals surface area contributed by atoms with Crippen LogP contribution in [-0.4, -0.2) is 38.0 Å². The van der Waals surface area contributed by atoms with E-state index in [1.165, 1.54) is 13.1 Å². The Kier molecular flexibility index (Phi) is 4.26. The Hall–Kier alpha value is -0.690.